The molecule has 0 saturated heterocycles. The predicted octanol–water partition coefficient (Wildman–Crippen LogP) is 4.44. The lowest BCUT2D eigenvalue weighted by molar-refractivity contribution is 0.592. The van der Waals surface area contributed by atoms with Gasteiger partial charge in [-0.15, -0.1) is 0 Å². The molecule has 0 bridgehead atoms. The summed E-state index contributed by atoms with van der Waals surface area (Å²) in [4.78, 5) is 21.9. The van der Waals surface area contributed by atoms with Crippen molar-refractivity contribution < 1.29 is 12.8 Å². The van der Waals surface area contributed by atoms with Crippen LogP contribution in [0.5, 0.6) is 0 Å². The van der Waals surface area contributed by atoms with Crippen LogP contribution in [0.4, 0.5) is 0 Å². The third-order valence-corrected chi connectivity index (χ3v) is 7.61. The van der Waals surface area contributed by atoms with Crippen molar-refractivity contribution >= 4 is 48.5 Å². The summed E-state index contributed by atoms with van der Waals surface area (Å²) in [7, 11) is -3.67. The van der Waals surface area contributed by atoms with E-state index in [2.05, 4.69) is 31.0 Å². The van der Waals surface area contributed by atoms with Crippen LogP contribution in [0.15, 0.2) is 79.5 Å². The summed E-state index contributed by atoms with van der Waals surface area (Å²) in [5.74, 6) is -0.00356. The number of hydrogen-bond acceptors (Lipinski definition) is 7. The smallest absolute Gasteiger partial charge is 0.356 e. The lowest BCUT2D eigenvalue weighted by Crippen LogP contribution is -2.23. The molecule has 0 spiro atoms. The van der Waals surface area contributed by atoms with Crippen LogP contribution in [-0.4, -0.2) is 38.5 Å². The molecule has 3 heterocycles. The maximum Gasteiger partial charge on any atom is 0.356 e. The molecule has 0 saturated carbocycles. The molecular weight excluding hydrogens is 546 g/mol. The Morgan fingerprint density at radius 2 is 1.82 bits per heavy atom. The summed E-state index contributed by atoms with van der Waals surface area (Å²) in [5.41, 5.74) is 1.07. The zero-order valence-corrected chi connectivity index (χ0v) is 20.7. The van der Waals surface area contributed by atoms with E-state index in [0.717, 1.165) is 9.15 Å². The highest BCUT2D eigenvalue weighted by Crippen LogP contribution is 2.30. The maximum absolute atomic E-state index is 13.0. The first kappa shape index (κ1) is 22.5. The summed E-state index contributed by atoms with van der Waals surface area (Å²) < 4.78 is 34.6. The topological polar surface area (TPSA) is 113 Å². The van der Waals surface area contributed by atoms with Crippen molar-refractivity contribution in [2.24, 2.45) is 0 Å². The maximum atomic E-state index is 13.0. The lowest BCUT2D eigenvalue weighted by atomic mass is 10.3. The van der Waals surface area contributed by atoms with Crippen molar-refractivity contribution in [3.8, 4) is 23.1 Å². The Hall–Kier alpha value is -3.28. The van der Waals surface area contributed by atoms with Crippen LogP contribution in [-0.2, 0) is 9.84 Å². The zero-order valence-electron chi connectivity index (χ0n) is 17.5. The van der Waals surface area contributed by atoms with Gasteiger partial charge in [-0.3, -0.25) is 0 Å². The van der Waals surface area contributed by atoms with Crippen molar-refractivity contribution in [2.45, 2.75) is 11.8 Å². The molecule has 0 aliphatic heterocycles. The number of sulfone groups is 1. The van der Waals surface area contributed by atoms with Crippen molar-refractivity contribution in [1.29, 1.82) is 0 Å². The van der Waals surface area contributed by atoms with Gasteiger partial charge < -0.3 is 4.42 Å². The van der Waals surface area contributed by atoms with Gasteiger partial charge in [-0.2, -0.15) is 9.78 Å². The molecule has 0 amide bonds. The standard InChI is InChI=1S/C22H15BrClN5O4S/c1-2-34(31,32)18-9-10-19(27-20(18)21-26-16-11-13(23)3-8-17(16)33-21)29-22(30)28(12-25-29)15-6-4-14(24)5-7-15/h3-12H,2H2,1H3. The van der Waals surface area contributed by atoms with E-state index in [1.807, 2.05) is 0 Å². The Balaban J connectivity index is 1.68. The molecule has 0 atom stereocenters. The molecule has 5 rings (SSSR count). The van der Waals surface area contributed by atoms with Gasteiger partial charge in [0.25, 0.3) is 0 Å². The van der Waals surface area contributed by atoms with Crippen molar-refractivity contribution in [3.63, 3.8) is 0 Å². The number of hydrogen-bond donors (Lipinski definition) is 0. The molecule has 3 aromatic heterocycles. The van der Waals surface area contributed by atoms with Crippen LogP contribution in [0.2, 0.25) is 5.02 Å². The fraction of sp³-hybridized carbons (Fsp3) is 0.0909. The third kappa shape index (κ3) is 3.95. The van der Waals surface area contributed by atoms with Crippen molar-refractivity contribution in [2.75, 3.05) is 5.75 Å². The SMILES string of the molecule is CCS(=O)(=O)c1ccc(-n2ncn(-c3ccc(Cl)cc3)c2=O)nc1-c1nc2cc(Br)ccc2o1. The Bertz CT molecular complexity index is 1710. The molecule has 0 fully saturated rings. The third-order valence-electron chi connectivity index (χ3n) is 5.10. The highest BCUT2D eigenvalue weighted by Gasteiger charge is 2.24. The average molecular weight is 561 g/mol. The largest absolute Gasteiger partial charge is 0.435 e. The Labute approximate surface area is 206 Å². The van der Waals surface area contributed by atoms with Gasteiger partial charge in [0.15, 0.2) is 21.2 Å². The molecule has 2 aromatic carbocycles. The van der Waals surface area contributed by atoms with E-state index in [4.69, 9.17) is 16.0 Å². The van der Waals surface area contributed by atoms with Crippen LogP contribution >= 0.6 is 27.5 Å². The zero-order chi connectivity index (χ0) is 24.0. The second-order valence-electron chi connectivity index (χ2n) is 7.22. The molecule has 0 N–H and O–H groups in total. The second kappa shape index (κ2) is 8.49. The fourth-order valence-electron chi connectivity index (χ4n) is 3.36. The summed E-state index contributed by atoms with van der Waals surface area (Å²) >= 11 is 9.31. The number of halogens is 2. The molecule has 34 heavy (non-hydrogen) atoms. The quantitative estimate of drug-likeness (QED) is 0.312. The van der Waals surface area contributed by atoms with E-state index in [-0.39, 0.29) is 28.1 Å². The minimum Gasteiger partial charge on any atom is -0.435 e. The Kier molecular flexibility index (Phi) is 5.62. The van der Waals surface area contributed by atoms with Gasteiger partial charge in [0, 0.05) is 9.50 Å². The Morgan fingerprint density at radius 3 is 2.56 bits per heavy atom. The van der Waals surface area contributed by atoms with E-state index in [1.165, 1.54) is 30.0 Å². The molecule has 5 aromatic rings. The molecule has 0 aliphatic carbocycles. The monoisotopic (exact) mass is 559 g/mol. The number of rotatable bonds is 5. The number of oxazole rings is 1. The van der Waals surface area contributed by atoms with Crippen LogP contribution in [0.1, 0.15) is 6.92 Å². The van der Waals surface area contributed by atoms with Crippen molar-refractivity contribution in [1.82, 2.24) is 24.3 Å². The number of nitrogens with zero attached hydrogens (tertiary/aromatic N) is 5. The van der Waals surface area contributed by atoms with Gasteiger partial charge in [-0.1, -0.05) is 34.5 Å². The number of benzene rings is 2. The van der Waals surface area contributed by atoms with E-state index in [0.29, 0.717) is 21.8 Å². The Morgan fingerprint density at radius 1 is 1.06 bits per heavy atom. The molecular formula is C22H15BrClN5O4S. The van der Waals surface area contributed by atoms with E-state index in [1.54, 1.807) is 42.5 Å². The first-order chi connectivity index (χ1) is 16.3. The van der Waals surface area contributed by atoms with Gasteiger partial charge in [0.2, 0.25) is 5.89 Å². The van der Waals surface area contributed by atoms with E-state index in [9.17, 15) is 13.2 Å². The van der Waals surface area contributed by atoms with Gasteiger partial charge in [0.05, 0.1) is 16.3 Å². The van der Waals surface area contributed by atoms with Gasteiger partial charge in [-0.05, 0) is 54.6 Å². The van der Waals surface area contributed by atoms with Crippen LogP contribution in [0.25, 0.3) is 34.2 Å². The van der Waals surface area contributed by atoms with Crippen LogP contribution in [0, 0.1) is 0 Å². The summed E-state index contributed by atoms with van der Waals surface area (Å²) in [6.45, 7) is 1.54. The number of pyridine rings is 1. The van der Waals surface area contributed by atoms with Gasteiger partial charge >= 0.3 is 5.69 Å². The van der Waals surface area contributed by atoms with E-state index < -0.39 is 15.5 Å². The van der Waals surface area contributed by atoms with Crippen molar-refractivity contribution in [3.05, 3.63) is 80.9 Å². The normalized spacial score (nSPS) is 11.9. The number of aromatic nitrogens is 5. The summed E-state index contributed by atoms with van der Waals surface area (Å²) in [5, 5.41) is 4.69. The van der Waals surface area contributed by atoms with Gasteiger partial charge in [0.1, 0.15) is 17.5 Å². The minimum absolute atomic E-state index is 0.000356. The molecule has 9 nitrogen and oxygen atoms in total. The van der Waals surface area contributed by atoms with Crippen LogP contribution in [0.3, 0.4) is 0 Å². The van der Waals surface area contributed by atoms with Crippen LogP contribution < -0.4 is 5.69 Å². The minimum atomic E-state index is -3.67. The predicted molar refractivity (Wildman–Crippen MR) is 130 cm³/mol. The van der Waals surface area contributed by atoms with E-state index >= 15 is 0 Å². The summed E-state index contributed by atoms with van der Waals surface area (Å²) in [6, 6.07) is 14.7. The molecule has 0 aliphatic rings. The average Bonchev–Trinajstić information content (AvgIpc) is 3.42. The summed E-state index contributed by atoms with van der Waals surface area (Å²) in [6.07, 6.45) is 1.35. The molecule has 172 valence electrons. The molecule has 12 heteroatoms. The fourth-order valence-corrected chi connectivity index (χ4v) is 4.84. The van der Waals surface area contributed by atoms with Gasteiger partial charge in [-0.25, -0.2) is 27.7 Å². The molecule has 0 radical (unpaired) electrons. The first-order valence-corrected chi connectivity index (χ1v) is 12.8. The molecule has 0 unspecified atom stereocenters. The first-order valence-electron chi connectivity index (χ1n) is 10.00. The second-order valence-corrected chi connectivity index (χ2v) is 10.8. The highest BCUT2D eigenvalue weighted by atomic mass is 79.9. The number of fused-ring (bicyclic) bond motifs is 1. The lowest BCUT2D eigenvalue weighted by Gasteiger charge is -2.08. The highest BCUT2D eigenvalue weighted by molar-refractivity contribution is 9.10.